The molecule has 0 aliphatic carbocycles. The zero-order valence-corrected chi connectivity index (χ0v) is 26.0. The van der Waals surface area contributed by atoms with Crippen molar-refractivity contribution in [2.75, 3.05) is 32.9 Å². The van der Waals surface area contributed by atoms with Gasteiger partial charge >= 0.3 is 5.97 Å². The Morgan fingerprint density at radius 1 is 0.979 bits per heavy atom. The number of aliphatic carboxylic acids is 1. The Bertz CT molecular complexity index is 1100. The number of nitrogens with two attached hydrogens (primary N) is 1. The van der Waals surface area contributed by atoms with Crippen LogP contribution < -0.4 is 27.0 Å². The highest BCUT2D eigenvalue weighted by molar-refractivity contribution is 5.86. The molecular weight excluding hydrogens is 638 g/mol. The summed E-state index contributed by atoms with van der Waals surface area (Å²) in [5, 5.41) is 82.0. The molecule has 0 spiro atoms. The summed E-state index contributed by atoms with van der Waals surface area (Å²) in [7, 11) is 0. The summed E-state index contributed by atoms with van der Waals surface area (Å²) in [4.78, 5) is 60.3. The van der Waals surface area contributed by atoms with Crippen LogP contribution in [0, 0.1) is 0 Å². The van der Waals surface area contributed by atoms with Gasteiger partial charge in [0.15, 0.2) is 6.29 Å². The lowest BCUT2D eigenvalue weighted by atomic mass is 9.88. The van der Waals surface area contributed by atoms with E-state index < -0.39 is 129 Å². The second-order valence-electron chi connectivity index (χ2n) is 11.1. The van der Waals surface area contributed by atoms with Crippen LogP contribution in [0.4, 0.5) is 0 Å². The number of amides is 4. The number of nitrogens with one attached hydrogen (secondary N) is 4. The monoisotopic (exact) mass is 683 g/mol. The fourth-order valence-corrected chi connectivity index (χ4v) is 5.03. The smallest absolute Gasteiger partial charge is 0.364 e. The molecule has 21 nitrogen and oxygen atoms in total. The molecule has 0 aromatic heterocycles. The van der Waals surface area contributed by atoms with Crippen LogP contribution in [0.25, 0.3) is 0 Å². The van der Waals surface area contributed by atoms with E-state index in [4.69, 9.17) is 24.7 Å². The molecule has 0 radical (unpaired) electrons. The molecule has 2 saturated heterocycles. The Balaban J connectivity index is 2.34. The van der Waals surface area contributed by atoms with Gasteiger partial charge in [0.2, 0.25) is 23.6 Å². The van der Waals surface area contributed by atoms with Gasteiger partial charge in [0.1, 0.15) is 48.7 Å². The van der Waals surface area contributed by atoms with Crippen molar-refractivity contribution in [2.45, 2.75) is 100 Å². The SMILES string of the molecule is CC(=O)N[C@H]1[C@@H](OC[C@H](NC(C)=O)C(=O)NCCN)O[C@H](CO[C@]2(C(=O)O)C[C@H](O)[C@@H](NC(C)=O)[C@H]([C@H](O)[C@H](O)CO)O2)[C@H](O)[C@@H]1O. The highest BCUT2D eigenvalue weighted by atomic mass is 16.7. The fourth-order valence-electron chi connectivity index (χ4n) is 5.03. The molecule has 2 fully saturated rings. The van der Waals surface area contributed by atoms with Gasteiger partial charge in [-0.2, -0.15) is 0 Å². The number of carboxylic acid groups (broad SMARTS) is 1. The molecular formula is C26H45N5O16. The first kappa shape index (κ1) is 40.1. The lowest BCUT2D eigenvalue weighted by Gasteiger charge is -2.47. The molecule has 4 amide bonds. The number of rotatable bonds is 16. The molecule has 21 heteroatoms. The summed E-state index contributed by atoms with van der Waals surface area (Å²) in [6.45, 7) is 1.00. The van der Waals surface area contributed by atoms with Crippen LogP contribution in [0.5, 0.6) is 0 Å². The Morgan fingerprint density at radius 3 is 2.13 bits per heavy atom. The molecule has 0 bridgehead atoms. The third kappa shape index (κ3) is 10.7. The van der Waals surface area contributed by atoms with Gasteiger partial charge in [0.05, 0.1) is 32.0 Å². The van der Waals surface area contributed by atoms with Gasteiger partial charge in [-0.05, 0) is 0 Å². The van der Waals surface area contributed by atoms with Crippen molar-refractivity contribution in [3.63, 3.8) is 0 Å². The summed E-state index contributed by atoms with van der Waals surface area (Å²) in [5.74, 6) is -7.31. The number of carboxylic acids is 1. The van der Waals surface area contributed by atoms with Crippen LogP contribution >= 0.6 is 0 Å². The number of ether oxygens (including phenoxy) is 4. The first-order valence-corrected chi connectivity index (χ1v) is 14.6. The molecule has 0 saturated carbocycles. The number of aliphatic hydroxyl groups excluding tert-OH is 6. The van der Waals surface area contributed by atoms with Crippen molar-refractivity contribution < 1.29 is 78.7 Å². The van der Waals surface area contributed by atoms with Crippen LogP contribution in [-0.4, -0.2) is 171 Å². The van der Waals surface area contributed by atoms with E-state index in [-0.39, 0.29) is 13.1 Å². The Kier molecular flexibility index (Phi) is 15.3. The number of carbonyl (C=O) groups is 5. The average molecular weight is 684 g/mol. The Hall–Kier alpha value is -3.09. The first-order chi connectivity index (χ1) is 22.0. The van der Waals surface area contributed by atoms with Crippen molar-refractivity contribution in [3.05, 3.63) is 0 Å². The predicted octanol–water partition coefficient (Wildman–Crippen LogP) is -7.30. The number of carbonyl (C=O) groups excluding carboxylic acids is 4. The molecule has 47 heavy (non-hydrogen) atoms. The van der Waals surface area contributed by atoms with Gasteiger partial charge < -0.3 is 81.7 Å². The molecule has 13 N–H and O–H groups in total. The normalized spacial score (nSPS) is 32.7. The van der Waals surface area contributed by atoms with Crippen LogP contribution in [0.3, 0.4) is 0 Å². The lowest BCUT2D eigenvalue weighted by molar-refractivity contribution is -0.330. The lowest BCUT2D eigenvalue weighted by Crippen LogP contribution is -2.69. The molecule has 270 valence electrons. The van der Waals surface area contributed by atoms with E-state index in [0.717, 1.165) is 20.8 Å². The molecule has 2 aliphatic heterocycles. The molecule has 0 unspecified atom stereocenters. The van der Waals surface area contributed by atoms with E-state index in [1.54, 1.807) is 0 Å². The van der Waals surface area contributed by atoms with Gasteiger partial charge in [-0.25, -0.2) is 4.79 Å². The van der Waals surface area contributed by atoms with Gasteiger partial charge in [0.25, 0.3) is 5.79 Å². The Labute approximate surface area is 268 Å². The van der Waals surface area contributed by atoms with E-state index in [9.17, 15) is 59.7 Å². The number of hydrogen-bond acceptors (Lipinski definition) is 16. The molecule has 0 aromatic carbocycles. The first-order valence-electron chi connectivity index (χ1n) is 14.6. The van der Waals surface area contributed by atoms with E-state index >= 15 is 0 Å². The maximum absolute atomic E-state index is 12.5. The number of aliphatic hydroxyl groups is 6. The molecule has 2 rings (SSSR count). The topological polar surface area (TPSA) is 338 Å². The zero-order valence-electron chi connectivity index (χ0n) is 26.0. The minimum absolute atomic E-state index is 0.0676. The minimum atomic E-state index is -2.80. The highest BCUT2D eigenvalue weighted by Crippen LogP contribution is 2.34. The van der Waals surface area contributed by atoms with E-state index in [1.165, 1.54) is 0 Å². The summed E-state index contributed by atoms with van der Waals surface area (Å²) in [6.07, 6.45) is -15.3. The largest absolute Gasteiger partial charge is 0.477 e. The second-order valence-corrected chi connectivity index (χ2v) is 11.1. The van der Waals surface area contributed by atoms with Crippen LogP contribution in [0.2, 0.25) is 0 Å². The molecule has 2 aliphatic rings. The molecule has 2 heterocycles. The highest BCUT2D eigenvalue weighted by Gasteiger charge is 2.57. The van der Waals surface area contributed by atoms with Crippen molar-refractivity contribution in [2.24, 2.45) is 5.73 Å². The van der Waals surface area contributed by atoms with Crippen molar-refractivity contribution >= 4 is 29.6 Å². The van der Waals surface area contributed by atoms with Gasteiger partial charge in [-0.3, -0.25) is 19.2 Å². The maximum Gasteiger partial charge on any atom is 0.364 e. The summed E-state index contributed by atoms with van der Waals surface area (Å²) in [6, 6.07) is -4.20. The maximum atomic E-state index is 12.5. The zero-order chi connectivity index (χ0) is 35.6. The van der Waals surface area contributed by atoms with E-state index in [2.05, 4.69) is 21.3 Å². The predicted molar refractivity (Wildman–Crippen MR) is 152 cm³/mol. The molecule has 0 aromatic rings. The minimum Gasteiger partial charge on any atom is -0.477 e. The Morgan fingerprint density at radius 2 is 1.60 bits per heavy atom. The van der Waals surface area contributed by atoms with Crippen LogP contribution in [0.15, 0.2) is 0 Å². The standard InChI is InChI=1S/C26H45N5O16/c1-10(33)29-13(23(41)28-5-4-27)8-44-24-18(31-12(3)35)21(40)20(39)16(46-24)9-45-26(25(42)43)6-14(36)17(30-11(2)34)22(47-26)19(38)15(37)7-32/h13-22,24,32,36-40H,4-9,27H2,1-3H3,(H,28,41)(H,29,33)(H,30,34)(H,31,35)(H,42,43)/t13-,14-,15+,16+,17+,18+,19+,20-,21+,22+,24-,26+/m0/s1. The van der Waals surface area contributed by atoms with E-state index in [0.29, 0.717) is 0 Å². The number of hydrogen-bond donors (Lipinski definition) is 12. The van der Waals surface area contributed by atoms with Crippen molar-refractivity contribution in [1.82, 2.24) is 21.3 Å². The third-order valence-electron chi connectivity index (χ3n) is 7.30. The van der Waals surface area contributed by atoms with Gasteiger partial charge in [-0.1, -0.05) is 0 Å². The quantitative estimate of drug-likeness (QED) is 0.0718. The van der Waals surface area contributed by atoms with Crippen LogP contribution in [-0.2, 0) is 42.9 Å². The van der Waals surface area contributed by atoms with Gasteiger partial charge in [-0.15, -0.1) is 0 Å². The molecule has 12 atom stereocenters. The van der Waals surface area contributed by atoms with Crippen molar-refractivity contribution in [3.8, 4) is 0 Å². The van der Waals surface area contributed by atoms with Crippen LogP contribution in [0.1, 0.15) is 27.2 Å². The average Bonchev–Trinajstić information content (AvgIpc) is 3.00. The summed E-state index contributed by atoms with van der Waals surface area (Å²) < 4.78 is 22.4. The fraction of sp³-hybridized carbons (Fsp3) is 0.808. The van der Waals surface area contributed by atoms with E-state index in [1.807, 2.05) is 0 Å². The summed E-state index contributed by atoms with van der Waals surface area (Å²) >= 11 is 0. The third-order valence-corrected chi connectivity index (χ3v) is 7.30. The van der Waals surface area contributed by atoms with Crippen molar-refractivity contribution in [1.29, 1.82) is 0 Å². The van der Waals surface area contributed by atoms with Gasteiger partial charge in [0, 0.05) is 40.3 Å². The summed E-state index contributed by atoms with van der Waals surface area (Å²) in [5.41, 5.74) is 5.40. The second kappa shape index (κ2) is 17.9.